The molecule has 2 heterocycles. The van der Waals surface area contributed by atoms with Crippen LogP contribution < -0.4 is 5.32 Å². The molecule has 0 amide bonds. The highest BCUT2D eigenvalue weighted by Gasteiger charge is 2.17. The second-order valence-corrected chi connectivity index (χ2v) is 5.89. The van der Waals surface area contributed by atoms with Gasteiger partial charge >= 0.3 is 0 Å². The first kappa shape index (κ1) is 14.5. The standard InChI is InChI=1S/C14H27N5/c1-12(2)15-10-14-11-19(17-16-14)9-8-18-7-5-4-6-13(18)3/h11-13,15H,4-10H2,1-3H3. The topological polar surface area (TPSA) is 46.0 Å². The summed E-state index contributed by atoms with van der Waals surface area (Å²) in [5, 5.41) is 11.8. The summed E-state index contributed by atoms with van der Waals surface area (Å²) in [6.45, 7) is 10.7. The number of hydrogen-bond donors (Lipinski definition) is 1. The van der Waals surface area contributed by atoms with Crippen molar-refractivity contribution >= 4 is 0 Å². The van der Waals surface area contributed by atoms with E-state index in [1.165, 1.54) is 25.8 Å². The van der Waals surface area contributed by atoms with E-state index in [1.54, 1.807) is 0 Å². The minimum atomic E-state index is 0.486. The van der Waals surface area contributed by atoms with Gasteiger partial charge in [-0.05, 0) is 26.3 Å². The lowest BCUT2D eigenvalue weighted by molar-refractivity contribution is 0.153. The quantitative estimate of drug-likeness (QED) is 0.849. The number of nitrogens with zero attached hydrogens (tertiary/aromatic N) is 4. The summed E-state index contributed by atoms with van der Waals surface area (Å²) in [5.74, 6) is 0. The van der Waals surface area contributed by atoms with Gasteiger partial charge in [-0.2, -0.15) is 0 Å². The Morgan fingerprint density at radius 3 is 2.95 bits per heavy atom. The van der Waals surface area contributed by atoms with E-state index in [0.717, 1.165) is 31.4 Å². The molecular weight excluding hydrogens is 238 g/mol. The molecular formula is C14H27N5. The summed E-state index contributed by atoms with van der Waals surface area (Å²) in [6.07, 6.45) is 6.11. The van der Waals surface area contributed by atoms with Gasteiger partial charge in [-0.15, -0.1) is 5.10 Å². The van der Waals surface area contributed by atoms with Crippen LogP contribution in [0.4, 0.5) is 0 Å². The van der Waals surface area contributed by atoms with E-state index in [-0.39, 0.29) is 0 Å². The van der Waals surface area contributed by atoms with Crippen LogP contribution in [0.3, 0.4) is 0 Å². The Morgan fingerprint density at radius 2 is 2.21 bits per heavy atom. The Hall–Kier alpha value is -0.940. The molecule has 5 nitrogen and oxygen atoms in total. The van der Waals surface area contributed by atoms with Crippen LogP contribution in [0.25, 0.3) is 0 Å². The second kappa shape index (κ2) is 7.01. The molecule has 1 aromatic heterocycles. The van der Waals surface area contributed by atoms with Crippen LogP contribution in [0.1, 0.15) is 45.7 Å². The lowest BCUT2D eigenvalue weighted by atomic mass is 10.0. The summed E-state index contributed by atoms with van der Waals surface area (Å²) in [4.78, 5) is 2.57. The van der Waals surface area contributed by atoms with Gasteiger partial charge in [0.15, 0.2) is 0 Å². The fourth-order valence-electron chi connectivity index (χ4n) is 2.56. The molecule has 1 unspecified atom stereocenters. The lowest BCUT2D eigenvalue weighted by Gasteiger charge is -2.33. The van der Waals surface area contributed by atoms with Crippen LogP contribution in [0.5, 0.6) is 0 Å². The molecule has 1 aromatic rings. The summed E-state index contributed by atoms with van der Waals surface area (Å²) in [5.41, 5.74) is 1.03. The van der Waals surface area contributed by atoms with Gasteiger partial charge in [0.05, 0.1) is 12.2 Å². The number of likely N-dealkylation sites (tertiary alicyclic amines) is 1. The summed E-state index contributed by atoms with van der Waals surface area (Å²) < 4.78 is 1.97. The summed E-state index contributed by atoms with van der Waals surface area (Å²) >= 11 is 0. The smallest absolute Gasteiger partial charge is 0.0964 e. The number of piperidine rings is 1. The van der Waals surface area contributed by atoms with Crippen molar-refractivity contribution in [1.82, 2.24) is 25.2 Å². The Morgan fingerprint density at radius 1 is 1.37 bits per heavy atom. The van der Waals surface area contributed by atoms with E-state index in [9.17, 15) is 0 Å². The van der Waals surface area contributed by atoms with Gasteiger partial charge in [0, 0.05) is 31.4 Å². The minimum Gasteiger partial charge on any atom is -0.309 e. The molecule has 1 aliphatic rings. The molecule has 1 fully saturated rings. The molecule has 0 aliphatic carbocycles. The fourth-order valence-corrected chi connectivity index (χ4v) is 2.56. The van der Waals surface area contributed by atoms with E-state index in [1.807, 2.05) is 4.68 Å². The highest BCUT2D eigenvalue weighted by atomic mass is 15.4. The minimum absolute atomic E-state index is 0.486. The van der Waals surface area contributed by atoms with E-state index < -0.39 is 0 Å². The van der Waals surface area contributed by atoms with Crippen molar-refractivity contribution in [3.8, 4) is 0 Å². The zero-order chi connectivity index (χ0) is 13.7. The molecule has 108 valence electrons. The molecule has 19 heavy (non-hydrogen) atoms. The number of nitrogens with one attached hydrogen (secondary N) is 1. The Bertz CT molecular complexity index is 374. The number of hydrogen-bond acceptors (Lipinski definition) is 4. The Balaban J connectivity index is 1.76. The fraction of sp³-hybridized carbons (Fsp3) is 0.857. The van der Waals surface area contributed by atoms with Crippen LogP contribution in [0.15, 0.2) is 6.20 Å². The maximum atomic E-state index is 4.20. The molecule has 1 aliphatic heterocycles. The molecule has 0 bridgehead atoms. The SMILES string of the molecule is CC(C)NCc1cn(CCN2CCCCC2C)nn1. The van der Waals surface area contributed by atoms with Gasteiger partial charge in [0.2, 0.25) is 0 Å². The third kappa shape index (κ3) is 4.58. The van der Waals surface area contributed by atoms with Crippen molar-refractivity contribution in [1.29, 1.82) is 0 Å². The van der Waals surface area contributed by atoms with E-state index in [2.05, 4.69) is 47.5 Å². The number of aromatic nitrogens is 3. The Labute approximate surface area is 116 Å². The van der Waals surface area contributed by atoms with Crippen molar-refractivity contribution in [2.75, 3.05) is 13.1 Å². The van der Waals surface area contributed by atoms with Crippen LogP contribution in [-0.4, -0.2) is 45.1 Å². The van der Waals surface area contributed by atoms with Gasteiger partial charge in [-0.3, -0.25) is 9.58 Å². The van der Waals surface area contributed by atoms with Gasteiger partial charge in [0.25, 0.3) is 0 Å². The zero-order valence-electron chi connectivity index (χ0n) is 12.5. The van der Waals surface area contributed by atoms with Crippen molar-refractivity contribution < 1.29 is 0 Å². The van der Waals surface area contributed by atoms with E-state index in [0.29, 0.717) is 6.04 Å². The molecule has 0 aromatic carbocycles. The van der Waals surface area contributed by atoms with Crippen LogP contribution in [-0.2, 0) is 13.1 Å². The monoisotopic (exact) mass is 265 g/mol. The van der Waals surface area contributed by atoms with E-state index in [4.69, 9.17) is 0 Å². The van der Waals surface area contributed by atoms with Crippen molar-refractivity contribution in [2.45, 2.75) is 65.2 Å². The third-order valence-electron chi connectivity index (χ3n) is 3.83. The zero-order valence-corrected chi connectivity index (χ0v) is 12.5. The first-order valence-electron chi connectivity index (χ1n) is 7.51. The van der Waals surface area contributed by atoms with Crippen molar-refractivity contribution in [2.24, 2.45) is 0 Å². The average molecular weight is 265 g/mol. The van der Waals surface area contributed by atoms with Crippen LogP contribution in [0, 0.1) is 0 Å². The maximum Gasteiger partial charge on any atom is 0.0964 e. The largest absolute Gasteiger partial charge is 0.309 e. The van der Waals surface area contributed by atoms with Crippen LogP contribution in [0.2, 0.25) is 0 Å². The molecule has 2 rings (SSSR count). The van der Waals surface area contributed by atoms with Crippen molar-refractivity contribution in [3.05, 3.63) is 11.9 Å². The lowest BCUT2D eigenvalue weighted by Crippen LogP contribution is -2.39. The highest BCUT2D eigenvalue weighted by molar-refractivity contribution is 4.92. The maximum absolute atomic E-state index is 4.20. The first-order chi connectivity index (χ1) is 9.15. The third-order valence-corrected chi connectivity index (χ3v) is 3.83. The predicted molar refractivity (Wildman–Crippen MR) is 76.9 cm³/mol. The number of rotatable bonds is 6. The van der Waals surface area contributed by atoms with Crippen molar-refractivity contribution in [3.63, 3.8) is 0 Å². The molecule has 5 heteroatoms. The van der Waals surface area contributed by atoms with Gasteiger partial charge < -0.3 is 5.32 Å². The van der Waals surface area contributed by atoms with Gasteiger partial charge in [0.1, 0.15) is 0 Å². The van der Waals surface area contributed by atoms with E-state index >= 15 is 0 Å². The first-order valence-corrected chi connectivity index (χ1v) is 7.51. The van der Waals surface area contributed by atoms with Gasteiger partial charge in [-0.25, -0.2) is 0 Å². The molecule has 1 atom stereocenters. The average Bonchev–Trinajstić information content (AvgIpc) is 2.83. The van der Waals surface area contributed by atoms with Gasteiger partial charge in [-0.1, -0.05) is 25.5 Å². The summed E-state index contributed by atoms with van der Waals surface area (Å²) in [6, 6.07) is 1.21. The normalized spacial score (nSPS) is 21.2. The molecule has 0 radical (unpaired) electrons. The summed E-state index contributed by atoms with van der Waals surface area (Å²) in [7, 11) is 0. The predicted octanol–water partition coefficient (Wildman–Crippen LogP) is 1.65. The molecule has 0 saturated carbocycles. The second-order valence-electron chi connectivity index (χ2n) is 5.89. The molecule has 1 saturated heterocycles. The Kier molecular flexibility index (Phi) is 5.34. The van der Waals surface area contributed by atoms with Crippen LogP contribution >= 0.6 is 0 Å². The molecule has 0 spiro atoms. The highest BCUT2D eigenvalue weighted by Crippen LogP contribution is 2.15. The molecule has 1 N–H and O–H groups in total.